The molecule has 0 aromatic rings. The van der Waals surface area contributed by atoms with Gasteiger partial charge >= 0.3 is 11.9 Å². The third-order valence-electron chi connectivity index (χ3n) is 1.28. The minimum atomic E-state index is -1.23. The van der Waals surface area contributed by atoms with Crippen LogP contribution in [0.1, 0.15) is 20.3 Å². The van der Waals surface area contributed by atoms with Crippen molar-refractivity contribution in [1.82, 2.24) is 0 Å². The summed E-state index contributed by atoms with van der Waals surface area (Å²) in [4.78, 5) is 19.3. The lowest BCUT2D eigenvalue weighted by molar-refractivity contribution is -0.145. The van der Waals surface area contributed by atoms with Crippen molar-refractivity contribution < 1.29 is 24.9 Å². The minimum absolute atomic E-state index is 0.495. The topological polar surface area (TPSA) is 173 Å². The number of rotatable bonds is 4. The molecule has 0 aliphatic carbocycles. The maximum absolute atomic E-state index is 9.81. The average Bonchev–Trinajstić information content (AvgIpc) is 2.28. The lowest BCUT2D eigenvalue weighted by Crippen LogP contribution is -2.28. The zero-order valence-electron chi connectivity index (χ0n) is 10.2. The van der Waals surface area contributed by atoms with E-state index in [9.17, 15) is 9.59 Å². The number of carboxylic acids is 2. The molecule has 0 heterocycles. The summed E-state index contributed by atoms with van der Waals surface area (Å²) in [6, 6.07) is -0.681. The van der Waals surface area contributed by atoms with Crippen LogP contribution < -0.4 is 17.2 Å². The second kappa shape index (κ2) is 14.8. The smallest absolute Gasteiger partial charge is 0.332 e. The van der Waals surface area contributed by atoms with Crippen molar-refractivity contribution in [3.05, 3.63) is 0 Å². The minimum Gasteiger partial charge on any atom is -0.480 e. The number of carboxylic acid groups (broad SMARTS) is 2. The average molecular weight is 253 g/mol. The van der Waals surface area contributed by atoms with Crippen molar-refractivity contribution in [3.8, 4) is 0 Å². The van der Waals surface area contributed by atoms with Gasteiger partial charge in [-0.3, -0.25) is 4.79 Å². The number of aliphatic hydroxyl groups excluding tert-OH is 1. The molecule has 0 amide bonds. The van der Waals surface area contributed by atoms with Crippen molar-refractivity contribution in [2.75, 3.05) is 13.1 Å². The SMILES string of the molecule is CC(O)C(=O)O.CCC(N)C(=O)O.NCCN. The molecule has 0 radical (unpaired) electrons. The van der Waals surface area contributed by atoms with Crippen LogP contribution in [-0.2, 0) is 9.59 Å². The van der Waals surface area contributed by atoms with Crippen LogP contribution in [0.2, 0.25) is 0 Å². The quantitative estimate of drug-likeness (QED) is 0.339. The van der Waals surface area contributed by atoms with E-state index in [-0.39, 0.29) is 0 Å². The Kier molecular flexibility index (Phi) is 18.3. The highest BCUT2D eigenvalue weighted by Gasteiger charge is 2.05. The number of hydrogen-bond donors (Lipinski definition) is 6. The molecule has 9 N–H and O–H groups in total. The van der Waals surface area contributed by atoms with Crippen LogP contribution in [0.4, 0.5) is 0 Å². The van der Waals surface area contributed by atoms with Crippen LogP contribution in [0.25, 0.3) is 0 Å². The van der Waals surface area contributed by atoms with E-state index in [0.29, 0.717) is 19.5 Å². The molecule has 0 aliphatic rings. The molecule has 104 valence electrons. The Morgan fingerprint density at radius 2 is 1.41 bits per heavy atom. The molecule has 0 aromatic carbocycles. The van der Waals surface area contributed by atoms with Crippen molar-refractivity contribution in [2.45, 2.75) is 32.4 Å². The Labute approximate surface area is 100 Å². The molecule has 0 fully saturated rings. The van der Waals surface area contributed by atoms with Crippen LogP contribution in [-0.4, -0.2) is 52.5 Å². The van der Waals surface area contributed by atoms with Gasteiger partial charge in [-0.1, -0.05) is 6.92 Å². The zero-order valence-corrected chi connectivity index (χ0v) is 10.2. The lowest BCUT2D eigenvalue weighted by atomic mass is 10.2. The first kappa shape index (κ1) is 21.1. The molecule has 0 bridgehead atoms. The normalized spacial score (nSPS) is 12.1. The van der Waals surface area contributed by atoms with Gasteiger partial charge in [0.15, 0.2) is 0 Å². The lowest BCUT2D eigenvalue weighted by Gasteiger charge is -1.97. The Morgan fingerprint density at radius 1 is 1.12 bits per heavy atom. The predicted octanol–water partition coefficient (Wildman–Crippen LogP) is -1.84. The van der Waals surface area contributed by atoms with Crippen molar-refractivity contribution in [3.63, 3.8) is 0 Å². The number of hydrogen-bond acceptors (Lipinski definition) is 6. The molecule has 0 saturated heterocycles. The summed E-state index contributed by atoms with van der Waals surface area (Å²) in [5.41, 5.74) is 14.8. The summed E-state index contributed by atoms with van der Waals surface area (Å²) < 4.78 is 0. The van der Waals surface area contributed by atoms with E-state index in [1.807, 2.05) is 0 Å². The van der Waals surface area contributed by atoms with Crippen LogP contribution in [0.3, 0.4) is 0 Å². The third kappa shape index (κ3) is 25.2. The largest absolute Gasteiger partial charge is 0.480 e. The zero-order chi connectivity index (χ0) is 14.4. The molecule has 17 heavy (non-hydrogen) atoms. The number of aliphatic carboxylic acids is 2. The summed E-state index contributed by atoms with van der Waals surface area (Å²) in [7, 11) is 0. The Morgan fingerprint density at radius 3 is 1.41 bits per heavy atom. The highest BCUT2D eigenvalue weighted by atomic mass is 16.4. The van der Waals surface area contributed by atoms with Crippen molar-refractivity contribution >= 4 is 11.9 Å². The van der Waals surface area contributed by atoms with Crippen LogP contribution in [0.15, 0.2) is 0 Å². The highest BCUT2D eigenvalue weighted by molar-refractivity contribution is 5.72. The molecule has 0 aromatic heterocycles. The van der Waals surface area contributed by atoms with E-state index >= 15 is 0 Å². The van der Waals surface area contributed by atoms with Crippen molar-refractivity contribution in [1.29, 1.82) is 0 Å². The summed E-state index contributed by atoms with van der Waals surface area (Å²) in [6.07, 6.45) is -0.736. The van der Waals surface area contributed by atoms with E-state index in [4.69, 9.17) is 32.5 Å². The van der Waals surface area contributed by atoms with Gasteiger partial charge in [-0.2, -0.15) is 0 Å². The van der Waals surface area contributed by atoms with Gasteiger partial charge in [0.05, 0.1) is 0 Å². The van der Waals surface area contributed by atoms with E-state index in [1.165, 1.54) is 6.92 Å². The van der Waals surface area contributed by atoms with E-state index in [2.05, 4.69) is 0 Å². The van der Waals surface area contributed by atoms with Gasteiger partial charge in [0.2, 0.25) is 0 Å². The first-order valence-electron chi connectivity index (χ1n) is 5.03. The molecule has 0 rings (SSSR count). The maximum Gasteiger partial charge on any atom is 0.332 e. The second-order valence-corrected chi connectivity index (χ2v) is 2.94. The summed E-state index contributed by atoms with van der Waals surface area (Å²) >= 11 is 0. The van der Waals surface area contributed by atoms with E-state index in [1.54, 1.807) is 6.92 Å². The Bertz CT molecular complexity index is 197. The standard InChI is InChI=1S/C4H9NO2.C3H6O3.C2H8N2/c1-2-3(5)4(6)7;1-2(4)3(5)6;3-1-2-4/h3H,2,5H2,1H3,(H,6,7);2,4H,1H3,(H,5,6);1-4H2. The third-order valence-corrected chi connectivity index (χ3v) is 1.28. The molecular weight excluding hydrogens is 230 g/mol. The van der Waals surface area contributed by atoms with Crippen LogP contribution in [0, 0.1) is 0 Å². The maximum atomic E-state index is 9.81. The fraction of sp³-hybridized carbons (Fsp3) is 0.778. The first-order valence-corrected chi connectivity index (χ1v) is 5.03. The molecule has 0 saturated carbocycles. The number of carbonyl (C=O) groups is 2. The van der Waals surface area contributed by atoms with Gasteiger partial charge < -0.3 is 32.5 Å². The summed E-state index contributed by atoms with van der Waals surface area (Å²) in [6.45, 7) is 4.13. The molecule has 0 spiro atoms. The van der Waals surface area contributed by atoms with Gasteiger partial charge in [0.1, 0.15) is 12.1 Å². The van der Waals surface area contributed by atoms with E-state index in [0.717, 1.165) is 0 Å². The number of aliphatic hydroxyl groups is 1. The number of nitrogens with two attached hydrogens (primary N) is 3. The second-order valence-electron chi connectivity index (χ2n) is 2.94. The monoisotopic (exact) mass is 253 g/mol. The molecule has 2 unspecified atom stereocenters. The Hall–Kier alpha value is -1.22. The van der Waals surface area contributed by atoms with Gasteiger partial charge in [-0.05, 0) is 13.3 Å². The van der Waals surface area contributed by atoms with Crippen molar-refractivity contribution in [2.24, 2.45) is 17.2 Å². The van der Waals surface area contributed by atoms with Crippen LogP contribution >= 0.6 is 0 Å². The predicted molar refractivity (Wildman–Crippen MR) is 63.3 cm³/mol. The van der Waals surface area contributed by atoms with Gasteiger partial charge in [0.25, 0.3) is 0 Å². The molecule has 0 aliphatic heterocycles. The summed E-state index contributed by atoms with van der Waals surface area (Å²) in [5.74, 6) is -2.11. The van der Waals surface area contributed by atoms with E-state index < -0.39 is 24.1 Å². The Balaban J connectivity index is -0.000000180. The first-order chi connectivity index (χ1) is 7.74. The van der Waals surface area contributed by atoms with Crippen LogP contribution in [0.5, 0.6) is 0 Å². The van der Waals surface area contributed by atoms with Gasteiger partial charge in [-0.25, -0.2) is 4.79 Å². The summed E-state index contributed by atoms with van der Waals surface area (Å²) in [5, 5.41) is 23.8. The highest BCUT2D eigenvalue weighted by Crippen LogP contribution is 1.82. The molecule has 8 nitrogen and oxygen atoms in total. The molecular formula is C9H23N3O5. The van der Waals surface area contributed by atoms with Gasteiger partial charge in [0, 0.05) is 13.1 Å². The fourth-order valence-electron chi connectivity index (χ4n) is 0.175. The fourth-order valence-corrected chi connectivity index (χ4v) is 0.175. The molecule has 2 atom stereocenters. The molecule has 8 heteroatoms. The van der Waals surface area contributed by atoms with Gasteiger partial charge in [-0.15, -0.1) is 0 Å².